The summed E-state index contributed by atoms with van der Waals surface area (Å²) in [6.45, 7) is 0. The number of hydrogen-bond donors (Lipinski definition) is 1. The van der Waals surface area contributed by atoms with Gasteiger partial charge in [0.15, 0.2) is 5.78 Å². The van der Waals surface area contributed by atoms with E-state index >= 15 is 0 Å². The Morgan fingerprint density at radius 1 is 0.486 bits per heavy atom. The van der Waals surface area contributed by atoms with Gasteiger partial charge in [-0.2, -0.15) is 0 Å². The zero-order valence-electron chi connectivity index (χ0n) is 38.5. The fraction of sp³-hybridized carbons (Fsp3) is 0.123. The van der Waals surface area contributed by atoms with Gasteiger partial charge in [0, 0.05) is 38.0 Å². The van der Waals surface area contributed by atoms with Crippen LogP contribution in [0.15, 0.2) is 212 Å². The Labute approximate surface area is 422 Å². The molecular formula is C65H48IrN2O2-2. The van der Waals surface area contributed by atoms with Gasteiger partial charge in [-0.1, -0.05) is 156 Å². The van der Waals surface area contributed by atoms with Crippen LogP contribution in [0.25, 0.3) is 100.0 Å². The molecule has 1 fully saturated rings. The average Bonchev–Trinajstić information content (AvgIpc) is 3.41. The monoisotopic (exact) mass is 1080 g/mol. The molecular weight excluding hydrogens is 1030 g/mol. The summed E-state index contributed by atoms with van der Waals surface area (Å²) < 4.78 is 0. The maximum absolute atomic E-state index is 14.1. The van der Waals surface area contributed by atoms with Crippen LogP contribution in [0.2, 0.25) is 0 Å². The van der Waals surface area contributed by atoms with E-state index in [-0.39, 0.29) is 37.7 Å². The summed E-state index contributed by atoms with van der Waals surface area (Å²) in [6.07, 6.45) is 4.94. The van der Waals surface area contributed by atoms with Gasteiger partial charge in [-0.05, 0) is 129 Å². The Bertz CT molecular complexity index is 3430. The van der Waals surface area contributed by atoms with E-state index in [9.17, 15) is 9.90 Å². The third-order valence-corrected chi connectivity index (χ3v) is 14.4. The number of ketones is 1. The summed E-state index contributed by atoms with van der Waals surface area (Å²) in [6, 6.07) is 77.4. The van der Waals surface area contributed by atoms with Crippen LogP contribution in [-0.2, 0) is 31.3 Å². The molecule has 0 amide bonds. The van der Waals surface area contributed by atoms with Crippen molar-refractivity contribution >= 4 is 27.6 Å². The summed E-state index contributed by atoms with van der Waals surface area (Å²) in [4.78, 5) is 24.0. The van der Waals surface area contributed by atoms with Crippen molar-refractivity contribution in [3.63, 3.8) is 0 Å². The summed E-state index contributed by atoms with van der Waals surface area (Å²) in [5.74, 6) is 0.466. The van der Waals surface area contributed by atoms with Gasteiger partial charge in [-0.15, -0.1) is 59.7 Å². The quantitative estimate of drug-likeness (QED) is 0.146. The number of hydrogen-bond acceptors (Lipinski definition) is 4. The molecule has 341 valence electrons. The smallest absolute Gasteiger partial charge is 0.165 e. The molecule has 1 saturated carbocycles. The fourth-order valence-electron chi connectivity index (χ4n) is 10.9. The minimum absolute atomic E-state index is 0. The van der Waals surface area contributed by atoms with E-state index in [4.69, 9.17) is 9.97 Å². The number of aliphatic hydroxyl groups excluding tert-OH is 1. The van der Waals surface area contributed by atoms with Crippen LogP contribution in [0.5, 0.6) is 0 Å². The van der Waals surface area contributed by atoms with Crippen molar-refractivity contribution in [2.75, 3.05) is 0 Å². The summed E-state index contributed by atoms with van der Waals surface area (Å²) in [5.41, 5.74) is 18.3. The maximum atomic E-state index is 14.1. The molecule has 2 aromatic heterocycles. The van der Waals surface area contributed by atoms with Crippen LogP contribution in [0, 0.1) is 24.0 Å². The SMILES string of the molecule is O=C1C2=C(O)CCCC2CCC1Cc1ccccc1-c1cc(-c2ccccc2-c2c[c-]c(-c3ccc4ccccc4n3)cc2)cc(-c2ccccc2-c2c[c-]c(-c3ccc4ccccc4n3)cc2)c1.[Ir]. The molecule has 0 spiro atoms. The van der Waals surface area contributed by atoms with Crippen molar-refractivity contribution in [3.05, 3.63) is 229 Å². The first-order valence-corrected chi connectivity index (χ1v) is 24.2. The van der Waals surface area contributed by atoms with Gasteiger partial charge in [-0.25, -0.2) is 0 Å². The molecule has 10 aromatic rings. The molecule has 2 atom stereocenters. The number of pyridine rings is 2. The van der Waals surface area contributed by atoms with Gasteiger partial charge in [-0.3, -0.25) is 14.8 Å². The van der Waals surface area contributed by atoms with Gasteiger partial charge >= 0.3 is 0 Å². The number of rotatable bonds is 9. The molecule has 2 aliphatic rings. The standard InChI is InChI=1S/C65H48N2O2.Ir/c68-63-23-11-15-48-32-33-50(65(69)64(48)63)38-49-14-1-4-16-54(49)51-39-52(57-19-7-5-17-55(57)42-24-28-46(29-25-42)61-36-34-44-12-2-9-21-59(44)66-61)41-53(40-51)58-20-8-6-18-56(58)43-26-30-47(31-27-43)62-37-35-45-13-3-10-22-60(45)67-62;/h1-10,12-14,16-22,24-28,30,34-37,39-41,48,50,68H,11,15,23,32-33,38H2;/q-2;. The summed E-state index contributed by atoms with van der Waals surface area (Å²) in [5, 5.41) is 13.2. The van der Waals surface area contributed by atoms with Crippen molar-refractivity contribution < 1.29 is 30.0 Å². The van der Waals surface area contributed by atoms with Crippen LogP contribution in [0.3, 0.4) is 0 Å². The number of allylic oxidation sites excluding steroid dienone is 2. The minimum atomic E-state index is -0.171. The van der Waals surface area contributed by atoms with E-state index in [0.717, 1.165) is 131 Å². The van der Waals surface area contributed by atoms with E-state index in [0.29, 0.717) is 24.2 Å². The molecule has 70 heavy (non-hydrogen) atoms. The number of benzene rings is 8. The molecule has 0 aliphatic heterocycles. The zero-order chi connectivity index (χ0) is 46.3. The predicted molar refractivity (Wildman–Crippen MR) is 281 cm³/mol. The topological polar surface area (TPSA) is 63.1 Å². The number of aliphatic hydroxyl groups is 1. The second-order valence-electron chi connectivity index (χ2n) is 18.6. The number of aromatic nitrogens is 2. The number of para-hydroxylation sites is 2. The van der Waals surface area contributed by atoms with Gasteiger partial charge in [0.05, 0.1) is 16.8 Å². The van der Waals surface area contributed by atoms with Gasteiger partial charge in [0.25, 0.3) is 0 Å². The first kappa shape index (κ1) is 44.9. The molecule has 4 nitrogen and oxygen atoms in total. The molecule has 5 heteroatoms. The second kappa shape index (κ2) is 19.4. The Balaban J connectivity index is 0.00000533. The van der Waals surface area contributed by atoms with E-state index in [1.807, 2.05) is 36.4 Å². The minimum Gasteiger partial charge on any atom is -0.512 e. The molecule has 0 bridgehead atoms. The second-order valence-corrected chi connectivity index (χ2v) is 18.6. The van der Waals surface area contributed by atoms with Crippen LogP contribution in [0.4, 0.5) is 0 Å². The first-order valence-electron chi connectivity index (χ1n) is 24.2. The van der Waals surface area contributed by atoms with Gasteiger partial charge < -0.3 is 5.11 Å². The summed E-state index contributed by atoms with van der Waals surface area (Å²) in [7, 11) is 0. The third kappa shape index (κ3) is 8.73. The van der Waals surface area contributed by atoms with Crippen molar-refractivity contribution in [1.29, 1.82) is 0 Å². The van der Waals surface area contributed by atoms with E-state index in [1.165, 1.54) is 0 Å². The van der Waals surface area contributed by atoms with Crippen LogP contribution >= 0.6 is 0 Å². The van der Waals surface area contributed by atoms with Crippen LogP contribution < -0.4 is 0 Å². The van der Waals surface area contributed by atoms with Gasteiger partial charge in [0.1, 0.15) is 0 Å². The Morgan fingerprint density at radius 2 is 0.957 bits per heavy atom. The van der Waals surface area contributed by atoms with Crippen molar-refractivity contribution in [2.24, 2.45) is 11.8 Å². The average molecular weight is 1080 g/mol. The normalized spacial score (nSPS) is 15.7. The van der Waals surface area contributed by atoms with E-state index in [2.05, 4.69) is 176 Å². The van der Waals surface area contributed by atoms with Crippen LogP contribution in [0.1, 0.15) is 37.7 Å². The third-order valence-electron chi connectivity index (χ3n) is 14.4. The zero-order valence-corrected chi connectivity index (χ0v) is 40.9. The molecule has 1 radical (unpaired) electrons. The Kier molecular flexibility index (Phi) is 12.5. The Hall–Kier alpha value is -7.56. The van der Waals surface area contributed by atoms with Gasteiger partial charge in [0.2, 0.25) is 0 Å². The predicted octanol–water partition coefficient (Wildman–Crippen LogP) is 16.2. The number of nitrogens with zero attached hydrogens (tertiary/aromatic N) is 2. The van der Waals surface area contributed by atoms with Crippen LogP contribution in [-0.4, -0.2) is 20.9 Å². The van der Waals surface area contributed by atoms with E-state index < -0.39 is 0 Å². The van der Waals surface area contributed by atoms with Crippen molar-refractivity contribution in [3.8, 4) is 78.1 Å². The van der Waals surface area contributed by atoms with Crippen molar-refractivity contribution in [1.82, 2.24) is 9.97 Å². The molecule has 2 aliphatic carbocycles. The maximum Gasteiger partial charge on any atom is 0.165 e. The number of Topliss-reactive ketones (excluding diaryl/α,β-unsaturated/α-hetero) is 1. The molecule has 2 unspecified atom stereocenters. The van der Waals surface area contributed by atoms with E-state index in [1.54, 1.807) is 0 Å². The molecule has 0 saturated heterocycles. The summed E-state index contributed by atoms with van der Waals surface area (Å²) >= 11 is 0. The van der Waals surface area contributed by atoms with Crippen molar-refractivity contribution in [2.45, 2.75) is 38.5 Å². The molecule has 1 N–H and O–H groups in total. The molecule has 12 rings (SSSR count). The largest absolute Gasteiger partial charge is 0.512 e. The number of fused-ring (bicyclic) bond motifs is 3. The Morgan fingerprint density at radius 3 is 1.49 bits per heavy atom. The first-order chi connectivity index (χ1) is 34.0. The number of carbonyl (C=O) groups excluding carboxylic acids is 1. The number of carbonyl (C=O) groups is 1. The molecule has 2 heterocycles. The fourth-order valence-corrected chi connectivity index (χ4v) is 10.9. The molecule has 8 aromatic carbocycles.